The topological polar surface area (TPSA) is 27.6 Å². The zero-order valence-corrected chi connectivity index (χ0v) is 9.01. The lowest BCUT2D eigenvalue weighted by Gasteiger charge is -2.31. The minimum atomic E-state index is 0.684. The van der Waals surface area contributed by atoms with E-state index in [9.17, 15) is 0 Å². The van der Waals surface area contributed by atoms with E-state index >= 15 is 0 Å². The second kappa shape index (κ2) is 5.22. The molecule has 0 radical (unpaired) electrons. The fourth-order valence-electron chi connectivity index (χ4n) is 1.59. The van der Waals surface area contributed by atoms with Gasteiger partial charge < -0.3 is 5.32 Å². The maximum Gasteiger partial charge on any atom is 0.111 e. The van der Waals surface area contributed by atoms with Gasteiger partial charge in [-0.2, -0.15) is 0 Å². The SMILES string of the molecule is CCNC1=NCCN(C(C)CC)C1. The van der Waals surface area contributed by atoms with Crippen molar-refractivity contribution in [1.82, 2.24) is 10.2 Å². The maximum atomic E-state index is 4.45. The summed E-state index contributed by atoms with van der Waals surface area (Å²) in [4.78, 5) is 6.94. The molecule has 1 atom stereocenters. The van der Waals surface area contributed by atoms with E-state index in [4.69, 9.17) is 0 Å². The summed E-state index contributed by atoms with van der Waals surface area (Å²) in [6.45, 7) is 10.7. The summed E-state index contributed by atoms with van der Waals surface area (Å²) in [7, 11) is 0. The fourth-order valence-corrected chi connectivity index (χ4v) is 1.59. The summed E-state index contributed by atoms with van der Waals surface area (Å²) in [5.41, 5.74) is 0. The molecule has 1 aliphatic heterocycles. The first-order valence-corrected chi connectivity index (χ1v) is 5.29. The molecule has 0 amide bonds. The summed E-state index contributed by atoms with van der Waals surface area (Å²) in [6, 6.07) is 0.684. The van der Waals surface area contributed by atoms with Gasteiger partial charge in [0.1, 0.15) is 5.84 Å². The van der Waals surface area contributed by atoms with Crippen LogP contribution in [0.4, 0.5) is 0 Å². The number of likely N-dealkylation sites (N-methyl/N-ethyl adjacent to an activating group) is 1. The molecule has 0 saturated carbocycles. The van der Waals surface area contributed by atoms with E-state index in [0.29, 0.717) is 6.04 Å². The van der Waals surface area contributed by atoms with Crippen LogP contribution < -0.4 is 5.32 Å². The lowest BCUT2D eigenvalue weighted by Crippen LogP contribution is -2.46. The van der Waals surface area contributed by atoms with E-state index in [1.165, 1.54) is 6.42 Å². The Morgan fingerprint density at radius 3 is 2.92 bits per heavy atom. The van der Waals surface area contributed by atoms with Crippen LogP contribution in [-0.4, -0.2) is 43.0 Å². The van der Waals surface area contributed by atoms with Crippen LogP contribution in [-0.2, 0) is 0 Å². The first-order valence-electron chi connectivity index (χ1n) is 5.29. The third kappa shape index (κ3) is 2.99. The molecule has 1 N–H and O–H groups in total. The minimum absolute atomic E-state index is 0.684. The molecule has 0 bridgehead atoms. The number of aliphatic imine (C=N–C) groups is 1. The Morgan fingerprint density at radius 1 is 1.54 bits per heavy atom. The molecular weight excluding hydrogens is 162 g/mol. The fraction of sp³-hybridized carbons (Fsp3) is 0.900. The van der Waals surface area contributed by atoms with Gasteiger partial charge in [0.25, 0.3) is 0 Å². The highest BCUT2D eigenvalue weighted by Crippen LogP contribution is 2.05. The lowest BCUT2D eigenvalue weighted by atomic mass is 10.2. The number of rotatable bonds is 3. The first-order chi connectivity index (χ1) is 6.27. The Bertz CT molecular complexity index is 177. The van der Waals surface area contributed by atoms with Crippen molar-refractivity contribution in [3.63, 3.8) is 0 Å². The van der Waals surface area contributed by atoms with Gasteiger partial charge in [0.15, 0.2) is 0 Å². The summed E-state index contributed by atoms with van der Waals surface area (Å²) >= 11 is 0. The quantitative estimate of drug-likeness (QED) is 0.710. The second-order valence-electron chi connectivity index (χ2n) is 3.59. The van der Waals surface area contributed by atoms with Crippen LogP contribution in [0.2, 0.25) is 0 Å². The predicted molar refractivity (Wildman–Crippen MR) is 57.3 cm³/mol. The lowest BCUT2D eigenvalue weighted by molar-refractivity contribution is 0.230. The molecule has 0 aromatic heterocycles. The van der Waals surface area contributed by atoms with Gasteiger partial charge in [-0.15, -0.1) is 0 Å². The van der Waals surface area contributed by atoms with Crippen molar-refractivity contribution in [3.05, 3.63) is 0 Å². The first kappa shape index (κ1) is 10.5. The Morgan fingerprint density at radius 2 is 2.31 bits per heavy atom. The van der Waals surface area contributed by atoms with Crippen LogP contribution in [0.1, 0.15) is 27.2 Å². The van der Waals surface area contributed by atoms with Crippen LogP contribution in [0.15, 0.2) is 4.99 Å². The largest absolute Gasteiger partial charge is 0.373 e. The van der Waals surface area contributed by atoms with Crippen LogP contribution >= 0.6 is 0 Å². The average molecular weight is 183 g/mol. The van der Waals surface area contributed by atoms with Gasteiger partial charge in [-0.25, -0.2) is 0 Å². The van der Waals surface area contributed by atoms with Crippen molar-refractivity contribution in [1.29, 1.82) is 0 Å². The number of amidine groups is 1. The summed E-state index contributed by atoms with van der Waals surface area (Å²) in [5, 5.41) is 3.30. The third-order valence-corrected chi connectivity index (χ3v) is 2.64. The highest BCUT2D eigenvalue weighted by molar-refractivity contribution is 5.84. The Balaban J connectivity index is 2.42. The average Bonchev–Trinajstić information content (AvgIpc) is 2.18. The van der Waals surface area contributed by atoms with Gasteiger partial charge in [0, 0.05) is 19.1 Å². The maximum absolute atomic E-state index is 4.45. The highest BCUT2D eigenvalue weighted by Gasteiger charge is 2.17. The van der Waals surface area contributed by atoms with Gasteiger partial charge in [-0.05, 0) is 20.3 Å². The number of hydrogen-bond donors (Lipinski definition) is 1. The molecule has 1 heterocycles. The molecule has 0 fully saturated rings. The van der Waals surface area contributed by atoms with Crippen molar-refractivity contribution in [2.24, 2.45) is 4.99 Å². The standard InChI is InChI=1S/C10H21N3/c1-4-9(3)13-7-6-12-10(8-13)11-5-2/h9H,4-8H2,1-3H3,(H,11,12). The smallest absolute Gasteiger partial charge is 0.111 e. The monoisotopic (exact) mass is 183 g/mol. The summed E-state index contributed by atoms with van der Waals surface area (Å²) in [5.74, 6) is 1.16. The van der Waals surface area contributed by atoms with Crippen molar-refractivity contribution in [3.8, 4) is 0 Å². The zero-order chi connectivity index (χ0) is 9.68. The number of nitrogens with zero attached hydrogens (tertiary/aromatic N) is 2. The van der Waals surface area contributed by atoms with Crippen molar-refractivity contribution in [2.75, 3.05) is 26.2 Å². The highest BCUT2D eigenvalue weighted by atomic mass is 15.2. The van der Waals surface area contributed by atoms with Gasteiger partial charge in [0.05, 0.1) is 13.1 Å². The van der Waals surface area contributed by atoms with Gasteiger partial charge >= 0.3 is 0 Å². The molecule has 1 unspecified atom stereocenters. The van der Waals surface area contributed by atoms with E-state index in [2.05, 4.69) is 36.0 Å². The van der Waals surface area contributed by atoms with Gasteiger partial charge in [-0.3, -0.25) is 9.89 Å². The third-order valence-electron chi connectivity index (χ3n) is 2.64. The normalized spacial score (nSPS) is 21.0. The van der Waals surface area contributed by atoms with Crippen molar-refractivity contribution < 1.29 is 0 Å². The van der Waals surface area contributed by atoms with Gasteiger partial charge in [-0.1, -0.05) is 6.92 Å². The Hall–Kier alpha value is -0.570. The molecule has 0 spiro atoms. The number of nitrogens with one attached hydrogen (secondary N) is 1. The van der Waals surface area contributed by atoms with E-state index in [0.717, 1.165) is 32.0 Å². The molecule has 76 valence electrons. The Kier molecular flexibility index (Phi) is 4.22. The molecule has 13 heavy (non-hydrogen) atoms. The van der Waals surface area contributed by atoms with Crippen LogP contribution in [0.3, 0.4) is 0 Å². The summed E-state index contributed by atoms with van der Waals surface area (Å²) in [6.07, 6.45) is 1.22. The molecular formula is C10H21N3. The zero-order valence-electron chi connectivity index (χ0n) is 9.01. The molecule has 0 aliphatic carbocycles. The van der Waals surface area contributed by atoms with E-state index in [1.807, 2.05) is 0 Å². The number of hydrogen-bond acceptors (Lipinski definition) is 3. The molecule has 0 aromatic carbocycles. The molecule has 3 nitrogen and oxygen atoms in total. The second-order valence-corrected chi connectivity index (χ2v) is 3.59. The van der Waals surface area contributed by atoms with E-state index < -0.39 is 0 Å². The molecule has 0 saturated heterocycles. The minimum Gasteiger partial charge on any atom is -0.373 e. The van der Waals surface area contributed by atoms with Crippen molar-refractivity contribution >= 4 is 5.84 Å². The van der Waals surface area contributed by atoms with Crippen molar-refractivity contribution in [2.45, 2.75) is 33.2 Å². The molecule has 3 heteroatoms. The van der Waals surface area contributed by atoms with E-state index in [1.54, 1.807) is 0 Å². The molecule has 0 aromatic rings. The van der Waals surface area contributed by atoms with Crippen LogP contribution in [0.25, 0.3) is 0 Å². The van der Waals surface area contributed by atoms with Crippen LogP contribution in [0, 0.1) is 0 Å². The molecule has 1 aliphatic rings. The van der Waals surface area contributed by atoms with E-state index in [-0.39, 0.29) is 0 Å². The summed E-state index contributed by atoms with van der Waals surface area (Å²) < 4.78 is 0. The Labute approximate surface area is 81.2 Å². The van der Waals surface area contributed by atoms with Gasteiger partial charge in [0.2, 0.25) is 0 Å². The predicted octanol–water partition coefficient (Wildman–Crippen LogP) is 1.11. The molecule has 1 rings (SSSR count). The van der Waals surface area contributed by atoms with Crippen LogP contribution in [0.5, 0.6) is 0 Å².